The summed E-state index contributed by atoms with van der Waals surface area (Å²) in [6.07, 6.45) is 1.23. The summed E-state index contributed by atoms with van der Waals surface area (Å²) in [4.78, 5) is 25.6. The van der Waals surface area contributed by atoms with E-state index < -0.39 is 24.1 Å². The van der Waals surface area contributed by atoms with Gasteiger partial charge in [-0.05, 0) is 30.3 Å². The number of Topliss-reactive ketones (excluding diaryl/α,β-unsaturated/α-hetero) is 1. The van der Waals surface area contributed by atoms with Gasteiger partial charge in [0, 0.05) is 11.6 Å². The van der Waals surface area contributed by atoms with E-state index in [1.54, 1.807) is 12.1 Å². The van der Waals surface area contributed by atoms with Gasteiger partial charge in [0.15, 0.2) is 12.4 Å². The zero-order valence-electron chi connectivity index (χ0n) is 15.4. The van der Waals surface area contributed by atoms with Gasteiger partial charge in [-0.2, -0.15) is 10.5 Å². The minimum Gasteiger partial charge on any atom is -0.484 e. The van der Waals surface area contributed by atoms with Gasteiger partial charge in [0.25, 0.3) is 5.91 Å². The number of benzene rings is 2. The molecule has 7 nitrogen and oxygen atoms in total. The van der Waals surface area contributed by atoms with E-state index in [0.717, 1.165) is 4.90 Å². The fraction of sp³-hybridized carbons (Fsp3) is 0.143. The van der Waals surface area contributed by atoms with Crippen LogP contribution >= 0.6 is 11.6 Å². The number of hydrogen-bond acceptors (Lipinski definition) is 6. The van der Waals surface area contributed by atoms with Crippen molar-refractivity contribution in [2.45, 2.75) is 0 Å². The Morgan fingerprint density at radius 2 is 1.97 bits per heavy atom. The molecule has 3 rings (SSSR count). The van der Waals surface area contributed by atoms with Crippen molar-refractivity contribution in [1.29, 1.82) is 10.5 Å². The Bertz CT molecular complexity index is 1100. The van der Waals surface area contributed by atoms with Crippen LogP contribution in [-0.4, -0.2) is 36.3 Å². The van der Waals surface area contributed by atoms with Gasteiger partial charge in [-0.25, -0.2) is 4.39 Å². The number of rotatable bonds is 6. The van der Waals surface area contributed by atoms with E-state index in [-0.39, 0.29) is 46.5 Å². The second-order valence-corrected chi connectivity index (χ2v) is 6.49. The lowest BCUT2D eigenvalue weighted by molar-refractivity contribution is -0.132. The van der Waals surface area contributed by atoms with Gasteiger partial charge in [-0.3, -0.25) is 9.59 Å². The van der Waals surface area contributed by atoms with Crippen LogP contribution in [0.2, 0.25) is 5.02 Å². The average Bonchev–Trinajstić information content (AvgIpc) is 3.03. The lowest BCUT2D eigenvalue weighted by Gasteiger charge is -2.16. The van der Waals surface area contributed by atoms with Crippen LogP contribution < -0.4 is 9.47 Å². The molecule has 0 aliphatic carbocycles. The van der Waals surface area contributed by atoms with E-state index in [9.17, 15) is 14.0 Å². The SMILES string of the molecule is N#CCN(CC#N)C(=O)COc1ccc2c(c1)OC(=Cc1c(F)cccc1Cl)C2=O. The van der Waals surface area contributed by atoms with Gasteiger partial charge < -0.3 is 14.4 Å². The molecule has 1 heterocycles. The van der Waals surface area contributed by atoms with Gasteiger partial charge in [-0.15, -0.1) is 0 Å². The fourth-order valence-corrected chi connectivity index (χ4v) is 2.89. The molecule has 0 spiro atoms. The van der Waals surface area contributed by atoms with Crippen molar-refractivity contribution in [3.8, 4) is 23.6 Å². The zero-order valence-corrected chi connectivity index (χ0v) is 16.1. The third-order valence-electron chi connectivity index (χ3n) is 4.15. The van der Waals surface area contributed by atoms with E-state index in [0.29, 0.717) is 0 Å². The molecule has 1 amide bonds. The Labute approximate surface area is 176 Å². The third-order valence-corrected chi connectivity index (χ3v) is 4.48. The first kappa shape index (κ1) is 20.8. The van der Waals surface area contributed by atoms with Crippen molar-refractivity contribution in [2.24, 2.45) is 0 Å². The van der Waals surface area contributed by atoms with Gasteiger partial charge in [0.1, 0.15) is 30.4 Å². The topological polar surface area (TPSA) is 103 Å². The summed E-state index contributed by atoms with van der Waals surface area (Å²) < 4.78 is 24.9. The van der Waals surface area contributed by atoms with Crippen molar-refractivity contribution >= 4 is 29.4 Å². The summed E-state index contributed by atoms with van der Waals surface area (Å²) >= 11 is 5.99. The van der Waals surface area contributed by atoms with E-state index in [1.165, 1.54) is 42.5 Å². The second kappa shape index (κ2) is 9.08. The smallest absolute Gasteiger partial charge is 0.262 e. The predicted molar refractivity (Wildman–Crippen MR) is 104 cm³/mol. The highest BCUT2D eigenvalue weighted by atomic mass is 35.5. The van der Waals surface area contributed by atoms with E-state index >= 15 is 0 Å². The number of halogens is 2. The number of carbonyl (C=O) groups is 2. The van der Waals surface area contributed by atoms with Crippen LogP contribution in [-0.2, 0) is 4.79 Å². The molecular formula is C21H13ClFN3O4. The summed E-state index contributed by atoms with van der Waals surface area (Å²) in [5.41, 5.74) is 0.287. The highest BCUT2D eigenvalue weighted by molar-refractivity contribution is 6.32. The first-order valence-electron chi connectivity index (χ1n) is 8.61. The molecule has 2 aromatic rings. The average molecular weight is 426 g/mol. The van der Waals surface area contributed by atoms with E-state index in [1.807, 2.05) is 0 Å². The lowest BCUT2D eigenvalue weighted by atomic mass is 10.1. The molecule has 30 heavy (non-hydrogen) atoms. The van der Waals surface area contributed by atoms with Crippen molar-refractivity contribution < 1.29 is 23.5 Å². The van der Waals surface area contributed by atoms with Crippen molar-refractivity contribution in [1.82, 2.24) is 4.90 Å². The first-order valence-corrected chi connectivity index (χ1v) is 8.99. The van der Waals surface area contributed by atoms with Crippen molar-refractivity contribution in [2.75, 3.05) is 19.7 Å². The Hall–Kier alpha value is -3.88. The standard InChI is InChI=1S/C21H13ClFN3O4/c22-16-2-1-3-17(23)15(16)11-19-21(28)14-5-4-13(10-18(14)30-19)29-12-20(27)26(8-6-24)9-7-25/h1-5,10-11H,8-9,12H2. The molecule has 0 aromatic heterocycles. The molecule has 150 valence electrons. The Morgan fingerprint density at radius 1 is 1.23 bits per heavy atom. The number of fused-ring (bicyclic) bond motifs is 1. The van der Waals surface area contributed by atoms with Gasteiger partial charge in [0.2, 0.25) is 5.78 Å². The Morgan fingerprint density at radius 3 is 2.63 bits per heavy atom. The minimum atomic E-state index is -0.593. The number of hydrogen-bond donors (Lipinski definition) is 0. The molecule has 0 radical (unpaired) electrons. The van der Waals surface area contributed by atoms with Crippen LogP contribution in [0.3, 0.4) is 0 Å². The van der Waals surface area contributed by atoms with Crippen molar-refractivity contribution in [3.05, 3.63) is 64.1 Å². The fourth-order valence-electron chi connectivity index (χ4n) is 2.68. The van der Waals surface area contributed by atoms with Crippen LogP contribution in [0.4, 0.5) is 4.39 Å². The highest BCUT2D eigenvalue weighted by Gasteiger charge is 2.28. The van der Waals surface area contributed by atoms with Crippen molar-refractivity contribution in [3.63, 3.8) is 0 Å². The molecule has 0 bridgehead atoms. The molecule has 0 fully saturated rings. The predicted octanol–water partition coefficient (Wildman–Crippen LogP) is 3.35. The lowest BCUT2D eigenvalue weighted by Crippen LogP contribution is -2.35. The maximum atomic E-state index is 14.0. The molecule has 0 saturated heterocycles. The largest absolute Gasteiger partial charge is 0.484 e. The van der Waals surface area contributed by atoms with E-state index in [4.69, 9.17) is 31.6 Å². The molecule has 9 heteroatoms. The van der Waals surface area contributed by atoms with E-state index in [2.05, 4.69) is 0 Å². The zero-order chi connectivity index (χ0) is 21.7. The summed E-state index contributed by atoms with van der Waals surface area (Å²) in [6.45, 7) is -0.863. The van der Waals surface area contributed by atoms with Crippen LogP contribution in [0.25, 0.3) is 6.08 Å². The number of allylic oxidation sites excluding steroid dienone is 1. The maximum Gasteiger partial charge on any atom is 0.262 e. The molecule has 0 N–H and O–H groups in total. The Kier molecular flexibility index (Phi) is 6.31. The summed E-state index contributed by atoms with van der Waals surface area (Å²) in [7, 11) is 0. The maximum absolute atomic E-state index is 14.0. The third kappa shape index (κ3) is 4.40. The first-order chi connectivity index (χ1) is 14.4. The highest BCUT2D eigenvalue weighted by Crippen LogP contribution is 2.35. The number of ketones is 1. The van der Waals surface area contributed by atoms with Crippen LogP contribution in [0.15, 0.2) is 42.2 Å². The van der Waals surface area contributed by atoms with Gasteiger partial charge in [-0.1, -0.05) is 17.7 Å². The summed E-state index contributed by atoms with van der Waals surface area (Å²) in [6, 6.07) is 12.1. The molecule has 1 aliphatic rings. The number of carbonyl (C=O) groups excluding carboxylic acids is 2. The molecule has 1 aliphatic heterocycles. The number of ether oxygens (including phenoxy) is 2. The van der Waals surface area contributed by atoms with Crippen LogP contribution in [0.5, 0.6) is 11.5 Å². The van der Waals surface area contributed by atoms with Crippen LogP contribution in [0.1, 0.15) is 15.9 Å². The quantitative estimate of drug-likeness (QED) is 0.519. The molecule has 0 atom stereocenters. The summed E-state index contributed by atoms with van der Waals surface area (Å²) in [5, 5.41) is 17.6. The Balaban J connectivity index is 1.75. The van der Waals surface area contributed by atoms with Gasteiger partial charge >= 0.3 is 0 Å². The summed E-state index contributed by atoms with van der Waals surface area (Å²) in [5.74, 6) is -1.24. The van der Waals surface area contributed by atoms with Crippen LogP contribution in [0, 0.1) is 28.5 Å². The molecule has 0 unspecified atom stereocenters. The number of nitrogens with zero attached hydrogens (tertiary/aromatic N) is 3. The second-order valence-electron chi connectivity index (χ2n) is 6.09. The van der Waals surface area contributed by atoms with Gasteiger partial charge in [0.05, 0.1) is 22.7 Å². The molecule has 0 saturated carbocycles. The molecule has 2 aromatic carbocycles. The molecular weight excluding hydrogens is 413 g/mol. The minimum absolute atomic E-state index is 0.0347. The monoisotopic (exact) mass is 425 g/mol. The number of nitriles is 2. The number of amides is 1. The normalized spacial score (nSPS) is 13.2.